The highest BCUT2D eigenvalue weighted by Gasteiger charge is 2.51. The summed E-state index contributed by atoms with van der Waals surface area (Å²) in [5.74, 6) is 0. The first-order valence-electron chi connectivity index (χ1n) is 8.63. The molecule has 3 heteroatoms. The van der Waals surface area contributed by atoms with Crippen LogP contribution in [0.3, 0.4) is 0 Å². The second-order valence-corrected chi connectivity index (χ2v) is 7.79. The summed E-state index contributed by atoms with van der Waals surface area (Å²) in [6.07, 6.45) is 1.81. The van der Waals surface area contributed by atoms with E-state index in [2.05, 4.69) is 31.0 Å². The standard InChI is InChI=1S/C22H22N2O/c1-21(2)18-11-7-6-10-17(18)20(24(25)22(21,3)4)16-13-15-9-5-8-12-19(15)23-14-16/h5-14H,1-4H3. The Balaban J connectivity index is 2.04. The molecule has 0 aliphatic carbocycles. The van der Waals surface area contributed by atoms with Crippen molar-refractivity contribution in [2.24, 2.45) is 0 Å². The highest BCUT2D eigenvalue weighted by Crippen LogP contribution is 2.43. The summed E-state index contributed by atoms with van der Waals surface area (Å²) in [6, 6.07) is 18.3. The van der Waals surface area contributed by atoms with E-state index in [9.17, 15) is 5.21 Å². The Hall–Kier alpha value is -2.68. The summed E-state index contributed by atoms with van der Waals surface area (Å²) in [5.41, 5.74) is 3.88. The number of hydrogen-bond acceptors (Lipinski definition) is 2. The molecular formula is C22H22N2O. The third-order valence-corrected chi connectivity index (χ3v) is 5.96. The summed E-state index contributed by atoms with van der Waals surface area (Å²) in [4.78, 5) is 4.56. The lowest BCUT2D eigenvalue weighted by molar-refractivity contribution is -0.555. The van der Waals surface area contributed by atoms with Crippen molar-refractivity contribution in [3.63, 3.8) is 0 Å². The predicted octanol–water partition coefficient (Wildman–Crippen LogP) is 4.65. The Bertz CT molecular complexity index is 1020. The molecule has 0 fully saturated rings. The smallest absolute Gasteiger partial charge is 0.227 e. The molecule has 1 aromatic heterocycles. The van der Waals surface area contributed by atoms with Crippen molar-refractivity contribution >= 4 is 16.6 Å². The first kappa shape index (κ1) is 15.8. The molecule has 0 spiro atoms. The van der Waals surface area contributed by atoms with E-state index in [0.717, 1.165) is 22.0 Å². The number of para-hydroxylation sites is 1. The van der Waals surface area contributed by atoms with Crippen LogP contribution in [0, 0.1) is 5.21 Å². The molecule has 0 atom stereocenters. The van der Waals surface area contributed by atoms with Gasteiger partial charge in [0.05, 0.1) is 22.1 Å². The summed E-state index contributed by atoms with van der Waals surface area (Å²) < 4.78 is 1.18. The first-order valence-corrected chi connectivity index (χ1v) is 8.63. The van der Waals surface area contributed by atoms with Crippen LogP contribution < -0.4 is 0 Å². The number of hydroxylamine groups is 1. The molecule has 0 saturated carbocycles. The Labute approximate surface area is 148 Å². The van der Waals surface area contributed by atoms with Crippen LogP contribution in [-0.4, -0.2) is 21.0 Å². The van der Waals surface area contributed by atoms with Crippen LogP contribution in [0.5, 0.6) is 0 Å². The fraction of sp³-hybridized carbons (Fsp3) is 0.273. The van der Waals surface area contributed by atoms with Crippen molar-refractivity contribution in [3.05, 3.63) is 82.7 Å². The van der Waals surface area contributed by atoms with E-state index in [1.807, 2.05) is 62.5 Å². The number of aromatic nitrogens is 1. The van der Waals surface area contributed by atoms with Crippen LogP contribution >= 0.6 is 0 Å². The average molecular weight is 330 g/mol. The van der Waals surface area contributed by atoms with Gasteiger partial charge in [-0.25, -0.2) is 0 Å². The Morgan fingerprint density at radius 3 is 2.40 bits per heavy atom. The van der Waals surface area contributed by atoms with Crippen LogP contribution in [0.4, 0.5) is 0 Å². The minimum absolute atomic E-state index is 0.265. The van der Waals surface area contributed by atoms with E-state index in [1.165, 1.54) is 10.3 Å². The molecular weight excluding hydrogens is 308 g/mol. The predicted molar refractivity (Wildman–Crippen MR) is 102 cm³/mol. The maximum Gasteiger partial charge on any atom is 0.227 e. The lowest BCUT2D eigenvalue weighted by Gasteiger charge is -2.44. The van der Waals surface area contributed by atoms with Crippen molar-refractivity contribution < 1.29 is 4.74 Å². The molecule has 3 aromatic rings. The molecule has 0 N–H and O–H groups in total. The average Bonchev–Trinajstić information content (AvgIpc) is 2.61. The molecule has 25 heavy (non-hydrogen) atoms. The van der Waals surface area contributed by atoms with Gasteiger partial charge >= 0.3 is 0 Å². The monoisotopic (exact) mass is 330 g/mol. The molecule has 0 saturated heterocycles. The fourth-order valence-electron chi connectivity index (χ4n) is 3.68. The van der Waals surface area contributed by atoms with Crippen LogP contribution in [-0.2, 0) is 5.41 Å². The lowest BCUT2D eigenvalue weighted by Crippen LogP contribution is -2.55. The second-order valence-electron chi connectivity index (χ2n) is 7.79. The van der Waals surface area contributed by atoms with Gasteiger partial charge in [0, 0.05) is 25.4 Å². The molecule has 1 aliphatic rings. The molecule has 2 heterocycles. The van der Waals surface area contributed by atoms with E-state index in [0.29, 0.717) is 5.71 Å². The molecule has 1 aliphatic heterocycles. The summed E-state index contributed by atoms with van der Waals surface area (Å²) in [7, 11) is 0. The van der Waals surface area contributed by atoms with E-state index in [-0.39, 0.29) is 5.41 Å². The van der Waals surface area contributed by atoms with Gasteiger partial charge in [-0.2, -0.15) is 4.74 Å². The number of benzene rings is 2. The topological polar surface area (TPSA) is 39.0 Å². The van der Waals surface area contributed by atoms with E-state index in [4.69, 9.17) is 0 Å². The maximum atomic E-state index is 13.4. The third-order valence-electron chi connectivity index (χ3n) is 5.96. The summed E-state index contributed by atoms with van der Waals surface area (Å²) in [5, 5.41) is 14.5. The summed E-state index contributed by atoms with van der Waals surface area (Å²) >= 11 is 0. The van der Waals surface area contributed by atoms with Gasteiger partial charge in [0.2, 0.25) is 5.71 Å². The zero-order valence-electron chi connectivity index (χ0n) is 15.1. The quantitative estimate of drug-likeness (QED) is 0.481. The maximum absolute atomic E-state index is 13.4. The number of hydrogen-bond donors (Lipinski definition) is 0. The van der Waals surface area contributed by atoms with Crippen molar-refractivity contribution in [1.29, 1.82) is 0 Å². The molecule has 3 nitrogen and oxygen atoms in total. The molecule has 4 rings (SSSR count). The van der Waals surface area contributed by atoms with Gasteiger partial charge in [0.15, 0.2) is 5.54 Å². The van der Waals surface area contributed by atoms with Crippen LogP contribution in [0.2, 0.25) is 0 Å². The van der Waals surface area contributed by atoms with Gasteiger partial charge in [0.1, 0.15) is 0 Å². The Kier molecular flexibility index (Phi) is 3.26. The fourth-order valence-corrected chi connectivity index (χ4v) is 3.68. The lowest BCUT2D eigenvalue weighted by atomic mass is 9.65. The van der Waals surface area contributed by atoms with Gasteiger partial charge in [0.25, 0.3) is 0 Å². The number of rotatable bonds is 1. The molecule has 2 aromatic carbocycles. The van der Waals surface area contributed by atoms with Crippen molar-refractivity contribution in [3.8, 4) is 0 Å². The highest BCUT2D eigenvalue weighted by molar-refractivity contribution is 6.12. The molecule has 0 amide bonds. The number of fused-ring (bicyclic) bond motifs is 2. The van der Waals surface area contributed by atoms with E-state index >= 15 is 0 Å². The largest absolute Gasteiger partial charge is 0.623 e. The van der Waals surface area contributed by atoms with Gasteiger partial charge in [-0.1, -0.05) is 36.4 Å². The Morgan fingerprint density at radius 2 is 1.60 bits per heavy atom. The minimum atomic E-state index is -0.567. The van der Waals surface area contributed by atoms with E-state index < -0.39 is 5.54 Å². The molecule has 0 radical (unpaired) electrons. The van der Waals surface area contributed by atoms with E-state index in [1.54, 1.807) is 0 Å². The zero-order valence-corrected chi connectivity index (χ0v) is 15.1. The molecule has 126 valence electrons. The van der Waals surface area contributed by atoms with Crippen molar-refractivity contribution in [2.45, 2.75) is 38.6 Å². The van der Waals surface area contributed by atoms with Gasteiger partial charge in [-0.3, -0.25) is 4.98 Å². The number of nitrogens with zero attached hydrogens (tertiary/aromatic N) is 2. The SMILES string of the molecule is CC1(C)c2ccccc2C(c2cnc3ccccc3c2)=[N+]([O-])C1(C)C. The van der Waals surface area contributed by atoms with Crippen LogP contribution in [0.15, 0.2) is 60.8 Å². The first-order chi connectivity index (χ1) is 11.8. The second kappa shape index (κ2) is 5.16. The highest BCUT2D eigenvalue weighted by atomic mass is 16.5. The number of pyridine rings is 1. The Morgan fingerprint density at radius 1 is 0.920 bits per heavy atom. The third kappa shape index (κ3) is 2.12. The van der Waals surface area contributed by atoms with Crippen molar-refractivity contribution in [1.82, 2.24) is 4.98 Å². The van der Waals surface area contributed by atoms with Crippen LogP contribution in [0.25, 0.3) is 10.9 Å². The van der Waals surface area contributed by atoms with Gasteiger partial charge in [-0.05, 0) is 37.6 Å². The molecule has 0 bridgehead atoms. The normalized spacial score (nSPS) is 18.2. The van der Waals surface area contributed by atoms with Crippen molar-refractivity contribution in [2.75, 3.05) is 0 Å². The zero-order chi connectivity index (χ0) is 17.8. The van der Waals surface area contributed by atoms with Gasteiger partial charge in [-0.15, -0.1) is 0 Å². The molecule has 0 unspecified atom stereocenters. The summed E-state index contributed by atoms with van der Waals surface area (Å²) in [6.45, 7) is 8.33. The van der Waals surface area contributed by atoms with Crippen LogP contribution in [0.1, 0.15) is 44.4 Å². The minimum Gasteiger partial charge on any atom is -0.623 e. The van der Waals surface area contributed by atoms with Gasteiger partial charge < -0.3 is 5.21 Å².